The summed E-state index contributed by atoms with van der Waals surface area (Å²) in [6, 6.07) is 13.2. The Kier molecular flexibility index (Phi) is 11.0. The topological polar surface area (TPSA) is 138 Å². The average Bonchev–Trinajstić information content (AvgIpc) is 3.44. The van der Waals surface area contributed by atoms with Gasteiger partial charge >= 0.3 is 12.0 Å². The minimum absolute atomic E-state index is 0.0155. The Morgan fingerprint density at radius 3 is 2.41 bits per heavy atom. The lowest BCUT2D eigenvalue weighted by atomic mass is 9.98. The molecule has 3 heterocycles. The Balaban J connectivity index is 1.29. The van der Waals surface area contributed by atoms with Crippen LogP contribution >= 0.6 is 15.9 Å². The van der Waals surface area contributed by atoms with Crippen molar-refractivity contribution in [1.29, 1.82) is 0 Å². The van der Waals surface area contributed by atoms with E-state index in [9.17, 15) is 15.0 Å². The highest BCUT2D eigenvalue weighted by Gasteiger charge is 2.21. The van der Waals surface area contributed by atoms with E-state index < -0.39 is 5.97 Å². The van der Waals surface area contributed by atoms with Gasteiger partial charge in [-0.05, 0) is 52.0 Å². The van der Waals surface area contributed by atoms with Gasteiger partial charge in [-0.2, -0.15) is 9.97 Å². The molecular weight excluding hydrogens is 660 g/mol. The van der Waals surface area contributed by atoms with E-state index in [4.69, 9.17) is 23.7 Å². The van der Waals surface area contributed by atoms with Gasteiger partial charge in [0.1, 0.15) is 23.8 Å². The molecule has 0 aliphatic carbocycles. The van der Waals surface area contributed by atoms with Crippen LogP contribution in [0.4, 0.5) is 0 Å². The molecule has 0 atom stereocenters. The second-order valence-corrected chi connectivity index (χ2v) is 11.5. The molecule has 0 bridgehead atoms. The van der Waals surface area contributed by atoms with Crippen molar-refractivity contribution in [3.63, 3.8) is 0 Å². The van der Waals surface area contributed by atoms with Gasteiger partial charge in [0, 0.05) is 41.9 Å². The predicted octanol–water partition coefficient (Wildman–Crippen LogP) is 5.17. The number of methoxy groups -OCH3 is 2. The Bertz CT molecular complexity index is 1650. The Labute approximate surface area is 275 Å². The first kappa shape index (κ1) is 33.0. The van der Waals surface area contributed by atoms with Crippen molar-refractivity contribution in [2.75, 3.05) is 53.7 Å². The van der Waals surface area contributed by atoms with Crippen molar-refractivity contribution in [3.8, 4) is 40.4 Å². The monoisotopic (exact) mass is 696 g/mol. The Morgan fingerprint density at radius 1 is 1.02 bits per heavy atom. The Hall–Kier alpha value is -4.33. The maximum absolute atomic E-state index is 11.6. The third kappa shape index (κ3) is 7.72. The van der Waals surface area contributed by atoms with E-state index >= 15 is 0 Å². The number of nitrogens with zero attached hydrogens (tertiary/aromatic N) is 4. The molecule has 4 aromatic rings. The molecule has 2 aromatic carbocycles. The highest BCUT2D eigenvalue weighted by Crippen LogP contribution is 2.37. The van der Waals surface area contributed by atoms with Crippen LogP contribution in [-0.4, -0.2) is 89.3 Å². The lowest BCUT2D eigenvalue weighted by Crippen LogP contribution is -2.37. The number of carboxylic acid groups (broad SMARTS) is 1. The summed E-state index contributed by atoms with van der Waals surface area (Å²) in [7, 11) is 2.87. The molecule has 1 saturated heterocycles. The third-order valence-corrected chi connectivity index (χ3v) is 8.65. The molecule has 1 fully saturated rings. The highest BCUT2D eigenvalue weighted by atomic mass is 79.9. The number of carbonyl (C=O) groups is 1. The van der Waals surface area contributed by atoms with Crippen LogP contribution in [0.3, 0.4) is 0 Å². The normalized spacial score (nSPS) is 13.4. The fourth-order valence-electron chi connectivity index (χ4n) is 5.34. The lowest BCUT2D eigenvalue weighted by molar-refractivity contribution is 0.0358. The van der Waals surface area contributed by atoms with Crippen molar-refractivity contribution >= 4 is 21.9 Å². The molecule has 244 valence electrons. The minimum atomic E-state index is -1.19. The number of aromatic nitrogens is 3. The molecule has 1 aliphatic rings. The third-order valence-electron chi connectivity index (χ3n) is 7.72. The maximum atomic E-state index is 11.6. The number of halogens is 1. The van der Waals surface area contributed by atoms with E-state index in [1.54, 1.807) is 0 Å². The van der Waals surface area contributed by atoms with Crippen LogP contribution < -0.4 is 18.9 Å². The molecule has 0 spiro atoms. The molecular formula is C33H37BrN4O8. The number of benzene rings is 2. The Morgan fingerprint density at radius 2 is 1.72 bits per heavy atom. The number of morpholine rings is 1. The first-order valence-corrected chi connectivity index (χ1v) is 15.6. The van der Waals surface area contributed by atoms with Gasteiger partial charge in [0.15, 0.2) is 0 Å². The molecule has 0 unspecified atom stereocenters. The van der Waals surface area contributed by atoms with E-state index in [0.29, 0.717) is 12.2 Å². The number of hydrogen-bond donors (Lipinski definition) is 2. The number of ether oxygens (including phenoxy) is 5. The van der Waals surface area contributed by atoms with Gasteiger partial charge in [-0.25, -0.2) is 4.79 Å². The molecule has 46 heavy (non-hydrogen) atoms. The summed E-state index contributed by atoms with van der Waals surface area (Å²) in [6.45, 7) is 7.34. The summed E-state index contributed by atoms with van der Waals surface area (Å²) >= 11 is 3.79. The lowest BCUT2D eigenvalue weighted by Gasteiger charge is -2.26. The van der Waals surface area contributed by atoms with E-state index in [2.05, 4.69) is 43.8 Å². The summed E-state index contributed by atoms with van der Waals surface area (Å²) in [5.74, 6) is -0.224. The van der Waals surface area contributed by atoms with Gasteiger partial charge in [-0.1, -0.05) is 30.3 Å². The van der Waals surface area contributed by atoms with Gasteiger partial charge in [0.2, 0.25) is 11.8 Å². The van der Waals surface area contributed by atoms with Gasteiger partial charge in [0.05, 0.1) is 46.1 Å². The van der Waals surface area contributed by atoms with E-state index in [1.807, 2.05) is 30.3 Å². The summed E-state index contributed by atoms with van der Waals surface area (Å²) in [5, 5.41) is 19.4. The van der Waals surface area contributed by atoms with Crippen LogP contribution in [-0.2, 0) is 17.9 Å². The molecule has 13 heteroatoms. The van der Waals surface area contributed by atoms with Crippen LogP contribution in [0.5, 0.6) is 29.3 Å². The summed E-state index contributed by atoms with van der Waals surface area (Å²) in [4.78, 5) is 22.8. The minimum Gasteiger partial charge on any atom is -0.506 e. The second-order valence-electron chi connectivity index (χ2n) is 10.7. The first-order valence-electron chi connectivity index (χ1n) is 14.8. The van der Waals surface area contributed by atoms with Crippen LogP contribution in [0, 0.1) is 6.92 Å². The summed E-state index contributed by atoms with van der Waals surface area (Å²) in [5.41, 5.74) is 4.23. The number of hydrogen-bond acceptors (Lipinski definition) is 10. The van der Waals surface area contributed by atoms with Crippen LogP contribution in [0.2, 0.25) is 0 Å². The van der Waals surface area contributed by atoms with E-state index in [1.165, 1.54) is 25.0 Å². The quantitative estimate of drug-likeness (QED) is 0.169. The first-order chi connectivity index (χ1) is 22.3. The molecule has 0 saturated carbocycles. The zero-order valence-electron chi connectivity index (χ0n) is 26.0. The van der Waals surface area contributed by atoms with Crippen molar-refractivity contribution in [2.45, 2.75) is 26.5 Å². The zero-order valence-corrected chi connectivity index (χ0v) is 27.6. The molecule has 0 amide bonds. The maximum Gasteiger partial charge on any atom is 0.352 e. The summed E-state index contributed by atoms with van der Waals surface area (Å²) in [6.07, 6.45) is 2.24. The molecule has 1 aliphatic heterocycles. The van der Waals surface area contributed by atoms with Crippen molar-refractivity contribution in [1.82, 2.24) is 19.4 Å². The van der Waals surface area contributed by atoms with Gasteiger partial charge in [-0.3, -0.25) is 4.90 Å². The largest absolute Gasteiger partial charge is 0.506 e. The number of aromatic hydroxyl groups is 1. The van der Waals surface area contributed by atoms with Gasteiger partial charge in [0.25, 0.3) is 0 Å². The van der Waals surface area contributed by atoms with Gasteiger partial charge in [-0.15, -0.1) is 0 Å². The molecule has 12 nitrogen and oxygen atoms in total. The zero-order chi connectivity index (χ0) is 32.6. The fourth-order valence-corrected chi connectivity index (χ4v) is 5.93. The number of rotatable bonds is 14. The molecule has 5 rings (SSSR count). The summed E-state index contributed by atoms with van der Waals surface area (Å²) < 4.78 is 30.8. The standard InChI is InChI=1S/C33H37BrN4O8/c1-21-24(8-5-10-28(21)45-14-6-11-37-12-15-44-16-13-37)25-9-4-7-22(29(25)34)20-46-33-35-30(42-2)26(31(36-33)43-3)19-38-18-23(39)17-27(38)32(40)41/h4-5,7-10,17-18,39H,6,11-16,19-20H2,1-3H3,(H,40,41). The average molecular weight is 698 g/mol. The van der Waals surface area contributed by atoms with Crippen molar-refractivity contribution < 1.29 is 38.7 Å². The number of aromatic carboxylic acids is 1. The SMILES string of the molecule is COc1nc(OCc2cccc(-c3cccc(OCCCN4CCOCC4)c3C)c2Br)nc(OC)c1Cn1cc(O)cc1C(=O)O. The van der Waals surface area contributed by atoms with E-state index in [-0.39, 0.29) is 42.4 Å². The van der Waals surface area contributed by atoms with Crippen molar-refractivity contribution in [2.24, 2.45) is 0 Å². The van der Waals surface area contributed by atoms with Crippen molar-refractivity contribution in [3.05, 3.63) is 75.5 Å². The number of carboxylic acids is 1. The van der Waals surface area contributed by atoms with E-state index in [0.717, 1.165) is 77.8 Å². The second kappa shape index (κ2) is 15.3. The fraction of sp³-hybridized carbons (Fsp3) is 0.364. The van der Waals surface area contributed by atoms with Gasteiger partial charge < -0.3 is 38.5 Å². The predicted molar refractivity (Wildman–Crippen MR) is 173 cm³/mol. The van der Waals surface area contributed by atoms with Crippen LogP contribution in [0.1, 0.15) is 33.6 Å². The smallest absolute Gasteiger partial charge is 0.352 e. The van der Waals surface area contributed by atoms with Crippen LogP contribution in [0.25, 0.3) is 11.1 Å². The molecule has 2 N–H and O–H groups in total. The highest BCUT2D eigenvalue weighted by molar-refractivity contribution is 9.10. The molecule has 0 radical (unpaired) electrons. The molecule has 2 aromatic heterocycles. The van der Waals surface area contributed by atoms with Crippen LogP contribution in [0.15, 0.2) is 53.1 Å².